The van der Waals surface area contributed by atoms with Gasteiger partial charge < -0.3 is 10.1 Å². The van der Waals surface area contributed by atoms with E-state index in [1.807, 2.05) is 5.38 Å². The second-order valence-corrected chi connectivity index (χ2v) is 7.33. The summed E-state index contributed by atoms with van der Waals surface area (Å²) in [6.45, 7) is 4.23. The normalized spacial score (nSPS) is 22.6. The number of nitrogens with zero attached hydrogens (tertiary/aromatic N) is 4. The Balaban J connectivity index is 1.52. The minimum absolute atomic E-state index is 0.0231. The predicted octanol–water partition coefficient (Wildman–Crippen LogP) is 0.118. The highest BCUT2D eigenvalue weighted by Crippen LogP contribution is 2.21. The summed E-state index contributed by atoms with van der Waals surface area (Å²) in [4.78, 5) is 35.0. The van der Waals surface area contributed by atoms with Crippen molar-refractivity contribution in [1.29, 1.82) is 0 Å². The summed E-state index contributed by atoms with van der Waals surface area (Å²) < 4.78 is 5.19. The second kappa shape index (κ2) is 7.57. The number of thiazole rings is 1. The van der Waals surface area contributed by atoms with Gasteiger partial charge >= 0.3 is 5.97 Å². The molecule has 1 fully saturated rings. The molecule has 0 aliphatic carbocycles. The van der Waals surface area contributed by atoms with E-state index in [1.54, 1.807) is 13.1 Å². The van der Waals surface area contributed by atoms with Crippen LogP contribution in [0.3, 0.4) is 0 Å². The van der Waals surface area contributed by atoms with E-state index >= 15 is 0 Å². The van der Waals surface area contributed by atoms with Gasteiger partial charge in [0.05, 0.1) is 30.4 Å². The largest absolute Gasteiger partial charge is 0.463 e. The number of fused-ring (bicyclic) bond motifs is 1. The zero-order chi connectivity index (χ0) is 18.8. The maximum Gasteiger partial charge on any atom is 0.337 e. The minimum atomic E-state index is -0.355. The third-order valence-corrected chi connectivity index (χ3v) is 5.50. The molecule has 3 aliphatic heterocycles. The SMILES string of the molecule is CCOC(=O)C1=C(CN2CCC3C(=O)NN=C3C2)NC(c2nccs2)=NC1. The highest BCUT2D eigenvalue weighted by Gasteiger charge is 2.35. The van der Waals surface area contributed by atoms with Crippen LogP contribution in [0.15, 0.2) is 32.9 Å². The predicted molar refractivity (Wildman–Crippen MR) is 100 cm³/mol. The van der Waals surface area contributed by atoms with Crippen molar-refractivity contribution in [2.45, 2.75) is 13.3 Å². The van der Waals surface area contributed by atoms with Gasteiger partial charge in [-0.2, -0.15) is 5.10 Å². The topological polar surface area (TPSA) is 108 Å². The Kier molecular flexibility index (Phi) is 4.99. The molecule has 0 saturated carbocycles. The van der Waals surface area contributed by atoms with Gasteiger partial charge in [-0.3, -0.25) is 14.7 Å². The number of carbonyl (C=O) groups is 2. The summed E-state index contributed by atoms with van der Waals surface area (Å²) in [5.41, 5.74) is 4.70. The summed E-state index contributed by atoms with van der Waals surface area (Å²) in [6.07, 6.45) is 2.45. The van der Waals surface area contributed by atoms with Crippen LogP contribution in [0.5, 0.6) is 0 Å². The molecule has 4 rings (SSSR count). The lowest BCUT2D eigenvalue weighted by molar-refractivity contribution is -0.138. The monoisotopic (exact) mass is 388 g/mol. The number of aromatic nitrogens is 1. The zero-order valence-electron chi connectivity index (χ0n) is 14.9. The first-order valence-electron chi connectivity index (χ1n) is 8.85. The first-order chi connectivity index (χ1) is 13.2. The number of likely N-dealkylation sites (tertiary alicyclic amines) is 1. The summed E-state index contributed by atoms with van der Waals surface area (Å²) in [7, 11) is 0. The van der Waals surface area contributed by atoms with Crippen LogP contribution in [-0.4, -0.2) is 66.1 Å². The lowest BCUT2D eigenvalue weighted by Crippen LogP contribution is -2.45. The van der Waals surface area contributed by atoms with Gasteiger partial charge in [-0.15, -0.1) is 11.3 Å². The van der Waals surface area contributed by atoms with Gasteiger partial charge in [0, 0.05) is 36.9 Å². The van der Waals surface area contributed by atoms with E-state index < -0.39 is 0 Å². The van der Waals surface area contributed by atoms with Crippen molar-refractivity contribution in [2.75, 3.05) is 32.8 Å². The molecule has 0 bridgehead atoms. The number of amidine groups is 1. The van der Waals surface area contributed by atoms with Crippen molar-refractivity contribution in [2.24, 2.45) is 16.0 Å². The zero-order valence-corrected chi connectivity index (χ0v) is 15.7. The van der Waals surface area contributed by atoms with E-state index in [9.17, 15) is 9.59 Å². The van der Waals surface area contributed by atoms with Crippen LogP contribution in [0.25, 0.3) is 0 Å². The summed E-state index contributed by atoms with van der Waals surface area (Å²) >= 11 is 1.49. The molecule has 142 valence electrons. The van der Waals surface area contributed by atoms with Crippen LogP contribution < -0.4 is 10.7 Å². The lowest BCUT2D eigenvalue weighted by Gasteiger charge is -2.31. The molecule has 1 aromatic heterocycles. The van der Waals surface area contributed by atoms with Crippen LogP contribution in [-0.2, 0) is 14.3 Å². The fourth-order valence-corrected chi connectivity index (χ4v) is 3.97. The first kappa shape index (κ1) is 17.8. The van der Waals surface area contributed by atoms with Crippen molar-refractivity contribution in [3.63, 3.8) is 0 Å². The number of nitrogens with one attached hydrogen (secondary N) is 2. The molecule has 2 N–H and O–H groups in total. The smallest absolute Gasteiger partial charge is 0.337 e. The fourth-order valence-electron chi connectivity index (χ4n) is 3.37. The van der Waals surface area contributed by atoms with Crippen LogP contribution >= 0.6 is 11.3 Å². The van der Waals surface area contributed by atoms with E-state index in [2.05, 4.69) is 30.7 Å². The fraction of sp³-hybridized carbons (Fsp3) is 0.471. The number of amides is 1. The van der Waals surface area contributed by atoms with Gasteiger partial charge in [-0.1, -0.05) is 0 Å². The maximum absolute atomic E-state index is 12.4. The standard InChI is InChI=1S/C17H20N6O3S/c1-2-26-17(25)11-7-19-14(16-18-4-6-27-16)20-12(11)8-23-5-3-10-13(9-23)21-22-15(10)24/h4,6,10H,2-3,5,7-9H2,1H3,(H,19,20)(H,22,24). The van der Waals surface area contributed by atoms with Crippen molar-refractivity contribution >= 4 is 34.8 Å². The summed E-state index contributed by atoms with van der Waals surface area (Å²) in [5, 5.41) is 10.1. The van der Waals surface area contributed by atoms with Crippen LogP contribution in [0.4, 0.5) is 0 Å². The van der Waals surface area contributed by atoms with Gasteiger partial charge in [0.1, 0.15) is 0 Å². The molecule has 1 saturated heterocycles. The molecular weight excluding hydrogens is 368 g/mol. The molecule has 0 radical (unpaired) electrons. The third kappa shape index (κ3) is 3.62. The van der Waals surface area contributed by atoms with E-state index in [4.69, 9.17) is 4.74 Å². The average Bonchev–Trinajstić information content (AvgIpc) is 3.32. The van der Waals surface area contributed by atoms with Gasteiger partial charge in [-0.25, -0.2) is 15.2 Å². The Bertz CT molecular complexity index is 845. The maximum atomic E-state index is 12.4. The molecule has 4 heterocycles. The number of rotatable bonds is 5. The van der Waals surface area contributed by atoms with Crippen molar-refractivity contribution < 1.29 is 14.3 Å². The van der Waals surface area contributed by atoms with Crippen LogP contribution in [0.1, 0.15) is 18.4 Å². The third-order valence-electron chi connectivity index (χ3n) is 4.72. The summed E-state index contributed by atoms with van der Waals surface area (Å²) in [6, 6.07) is 0. The molecule has 9 nitrogen and oxygen atoms in total. The number of hydrazone groups is 1. The van der Waals surface area contributed by atoms with Gasteiger partial charge in [0.2, 0.25) is 5.91 Å². The second-order valence-electron chi connectivity index (χ2n) is 6.44. The van der Waals surface area contributed by atoms with E-state index in [0.717, 1.165) is 29.4 Å². The molecule has 1 aromatic rings. The molecule has 0 aromatic carbocycles. The Labute approximate surface area is 160 Å². The minimum Gasteiger partial charge on any atom is -0.463 e. The Morgan fingerprint density at radius 1 is 1.48 bits per heavy atom. The van der Waals surface area contributed by atoms with Crippen molar-refractivity contribution in [3.8, 4) is 0 Å². The van der Waals surface area contributed by atoms with E-state index in [0.29, 0.717) is 31.1 Å². The Hall–Kier alpha value is -2.59. The van der Waals surface area contributed by atoms with Gasteiger partial charge in [0.15, 0.2) is 10.8 Å². The first-order valence-corrected chi connectivity index (χ1v) is 9.72. The molecule has 3 aliphatic rings. The van der Waals surface area contributed by atoms with E-state index in [1.165, 1.54) is 11.3 Å². The lowest BCUT2D eigenvalue weighted by atomic mass is 9.95. The average molecular weight is 388 g/mol. The number of ether oxygens (including phenoxy) is 1. The molecule has 10 heteroatoms. The number of esters is 1. The quantitative estimate of drug-likeness (QED) is 0.694. The molecule has 1 amide bonds. The van der Waals surface area contributed by atoms with Gasteiger partial charge in [-0.05, 0) is 13.3 Å². The Morgan fingerprint density at radius 3 is 3.15 bits per heavy atom. The summed E-state index contributed by atoms with van der Waals surface area (Å²) in [5.74, 6) is 0.168. The molecule has 27 heavy (non-hydrogen) atoms. The Morgan fingerprint density at radius 2 is 2.37 bits per heavy atom. The van der Waals surface area contributed by atoms with Crippen molar-refractivity contribution in [3.05, 3.63) is 27.9 Å². The number of hydrogen-bond acceptors (Lipinski definition) is 9. The molecule has 0 spiro atoms. The number of aliphatic imine (C=N–C) groups is 1. The number of piperidine rings is 1. The highest BCUT2D eigenvalue weighted by atomic mass is 32.1. The highest BCUT2D eigenvalue weighted by molar-refractivity contribution is 7.11. The molecule has 1 unspecified atom stereocenters. The number of carbonyl (C=O) groups excluding carboxylic acids is 2. The van der Waals surface area contributed by atoms with Crippen LogP contribution in [0, 0.1) is 5.92 Å². The molecule has 1 atom stereocenters. The molecular formula is C17H20N6O3S. The number of hydrogen-bond donors (Lipinski definition) is 2. The van der Waals surface area contributed by atoms with E-state index in [-0.39, 0.29) is 24.3 Å². The van der Waals surface area contributed by atoms with Crippen molar-refractivity contribution in [1.82, 2.24) is 20.6 Å². The van der Waals surface area contributed by atoms with Gasteiger partial charge in [0.25, 0.3) is 0 Å². The van der Waals surface area contributed by atoms with Crippen LogP contribution in [0.2, 0.25) is 0 Å².